The number of hydrogen-bond donors (Lipinski definition) is 0. The van der Waals surface area contributed by atoms with Crippen LogP contribution in [0.4, 0.5) is 0 Å². The summed E-state index contributed by atoms with van der Waals surface area (Å²) in [7, 11) is 0. The summed E-state index contributed by atoms with van der Waals surface area (Å²) in [5.74, 6) is 1.52. The van der Waals surface area contributed by atoms with E-state index in [-0.39, 0.29) is 0 Å². The highest BCUT2D eigenvalue weighted by molar-refractivity contribution is 9.18. The molecule has 4 heteroatoms. The van der Waals surface area contributed by atoms with Crippen LogP contribution < -0.4 is 0 Å². The Balaban J connectivity index is 1.26. The van der Waals surface area contributed by atoms with Gasteiger partial charge in [-0.05, 0) is 71.7 Å². The van der Waals surface area contributed by atoms with Gasteiger partial charge in [-0.2, -0.15) is 0 Å². The molecule has 1 saturated heterocycles. The van der Waals surface area contributed by atoms with Gasteiger partial charge in [-0.1, -0.05) is 29.4 Å². The predicted octanol–water partition coefficient (Wildman–Crippen LogP) is 4.27. The Morgan fingerprint density at radius 2 is 1.82 bits per heavy atom. The lowest BCUT2D eigenvalue weighted by atomic mass is 9.90. The van der Waals surface area contributed by atoms with Crippen LogP contribution in [-0.2, 0) is 11.4 Å². The topological polar surface area (TPSA) is 24.8 Å². The maximum Gasteiger partial charge on any atom is 0.136 e. The first kappa shape index (κ1) is 14.7. The average Bonchev–Trinajstić information content (AvgIpc) is 3.30. The van der Waals surface area contributed by atoms with Crippen molar-refractivity contribution in [3.05, 3.63) is 35.4 Å². The Kier molecular flexibility index (Phi) is 4.23. The summed E-state index contributed by atoms with van der Waals surface area (Å²) >= 11 is 3.44. The molecule has 0 radical (unpaired) electrons. The van der Waals surface area contributed by atoms with E-state index in [0.717, 1.165) is 23.5 Å². The van der Waals surface area contributed by atoms with Crippen molar-refractivity contribution >= 4 is 20.6 Å². The predicted molar refractivity (Wildman–Crippen MR) is 92.3 cm³/mol. The van der Waals surface area contributed by atoms with Gasteiger partial charge in [0.1, 0.15) is 10.7 Å². The average molecular weight is 363 g/mol. The summed E-state index contributed by atoms with van der Waals surface area (Å²) in [5, 5.41) is 4.03. The molecule has 4 rings (SSSR count). The normalized spacial score (nSPS) is 26.8. The molecule has 2 aliphatic heterocycles. The molecule has 1 aliphatic carbocycles. The number of rotatable bonds is 4. The standard InChI is InChI=1S/C18H23BrN2O/c19-18-11-17(22-20-18)16-7-9-21(10-8-16)12-13-1-3-14(4-2-13)15-5-6-15/h1-4,15-17H,5-12H2/t17-/m1/s1. The van der Waals surface area contributed by atoms with Gasteiger partial charge in [0, 0.05) is 18.9 Å². The third-order valence-corrected chi connectivity index (χ3v) is 5.72. The fourth-order valence-corrected chi connectivity index (χ4v) is 4.07. The number of nitrogens with zero attached hydrogens (tertiary/aromatic N) is 2. The van der Waals surface area contributed by atoms with Crippen molar-refractivity contribution in [3.63, 3.8) is 0 Å². The smallest absolute Gasteiger partial charge is 0.136 e. The van der Waals surface area contributed by atoms with E-state index in [1.165, 1.54) is 49.9 Å². The first-order chi connectivity index (χ1) is 10.8. The Labute approximate surface area is 140 Å². The second-order valence-corrected chi connectivity index (χ2v) is 7.86. The zero-order chi connectivity index (χ0) is 14.9. The molecule has 1 aromatic rings. The Hall–Kier alpha value is -0.870. The van der Waals surface area contributed by atoms with Gasteiger partial charge in [-0.3, -0.25) is 4.90 Å². The van der Waals surface area contributed by atoms with E-state index in [0.29, 0.717) is 12.0 Å². The van der Waals surface area contributed by atoms with E-state index in [1.807, 2.05) is 0 Å². The molecule has 0 amide bonds. The van der Waals surface area contributed by atoms with Crippen molar-refractivity contribution in [1.29, 1.82) is 0 Å². The lowest BCUT2D eigenvalue weighted by Gasteiger charge is -2.33. The highest BCUT2D eigenvalue weighted by atomic mass is 79.9. The third-order valence-electron chi connectivity index (χ3n) is 5.25. The SMILES string of the molecule is BrC1=NO[C@@H](C2CCN(Cc3ccc(C4CC4)cc3)CC2)C1. The summed E-state index contributed by atoms with van der Waals surface area (Å²) in [6.45, 7) is 3.43. The second-order valence-electron chi connectivity index (χ2n) is 6.94. The van der Waals surface area contributed by atoms with Crippen molar-refractivity contribution in [1.82, 2.24) is 4.90 Å². The zero-order valence-electron chi connectivity index (χ0n) is 12.9. The summed E-state index contributed by atoms with van der Waals surface area (Å²) in [5.41, 5.74) is 2.98. The van der Waals surface area contributed by atoms with E-state index in [9.17, 15) is 0 Å². The number of oxime groups is 1. The second kappa shape index (κ2) is 6.32. The molecule has 2 fully saturated rings. The first-order valence-corrected chi connectivity index (χ1v) is 9.26. The van der Waals surface area contributed by atoms with Crippen LogP contribution in [0.25, 0.3) is 0 Å². The quantitative estimate of drug-likeness (QED) is 0.798. The molecular formula is C18H23BrN2O. The molecule has 0 spiro atoms. The lowest BCUT2D eigenvalue weighted by molar-refractivity contribution is 0.0127. The van der Waals surface area contributed by atoms with Crippen molar-refractivity contribution in [2.75, 3.05) is 13.1 Å². The summed E-state index contributed by atoms with van der Waals surface area (Å²) in [6, 6.07) is 9.32. The van der Waals surface area contributed by atoms with Gasteiger partial charge in [0.2, 0.25) is 0 Å². The molecule has 22 heavy (non-hydrogen) atoms. The number of likely N-dealkylation sites (tertiary alicyclic amines) is 1. The largest absolute Gasteiger partial charge is 0.391 e. The molecule has 118 valence electrons. The zero-order valence-corrected chi connectivity index (χ0v) is 14.5. The van der Waals surface area contributed by atoms with Crippen LogP contribution in [0.1, 0.15) is 49.1 Å². The van der Waals surface area contributed by atoms with Crippen LogP contribution in [0.5, 0.6) is 0 Å². The minimum absolute atomic E-state index is 0.300. The van der Waals surface area contributed by atoms with E-state index in [4.69, 9.17) is 4.84 Å². The maximum atomic E-state index is 5.52. The van der Waals surface area contributed by atoms with Crippen LogP contribution in [0.15, 0.2) is 29.4 Å². The molecule has 1 aromatic carbocycles. The van der Waals surface area contributed by atoms with E-state index in [1.54, 1.807) is 0 Å². The van der Waals surface area contributed by atoms with Crippen LogP contribution >= 0.6 is 15.9 Å². The van der Waals surface area contributed by atoms with E-state index < -0.39 is 0 Å². The van der Waals surface area contributed by atoms with Gasteiger partial charge < -0.3 is 4.84 Å². The van der Waals surface area contributed by atoms with Gasteiger partial charge in [-0.25, -0.2) is 0 Å². The van der Waals surface area contributed by atoms with Crippen LogP contribution in [0.3, 0.4) is 0 Å². The maximum absolute atomic E-state index is 5.52. The van der Waals surface area contributed by atoms with Crippen molar-refractivity contribution in [2.24, 2.45) is 11.1 Å². The van der Waals surface area contributed by atoms with Crippen molar-refractivity contribution in [2.45, 2.75) is 50.7 Å². The monoisotopic (exact) mass is 362 g/mol. The van der Waals surface area contributed by atoms with Crippen LogP contribution in [-0.4, -0.2) is 28.7 Å². The van der Waals surface area contributed by atoms with E-state index in [2.05, 4.69) is 50.3 Å². The fourth-order valence-electron chi connectivity index (χ4n) is 3.67. The molecule has 1 atom stereocenters. The molecular weight excluding hydrogens is 340 g/mol. The molecule has 0 bridgehead atoms. The minimum Gasteiger partial charge on any atom is -0.391 e. The summed E-state index contributed by atoms with van der Waals surface area (Å²) in [6.07, 6.45) is 6.47. The number of benzene rings is 1. The Bertz CT molecular complexity index is 545. The number of halogens is 1. The Morgan fingerprint density at radius 3 is 2.41 bits per heavy atom. The van der Waals surface area contributed by atoms with E-state index >= 15 is 0 Å². The van der Waals surface area contributed by atoms with Crippen LogP contribution in [0.2, 0.25) is 0 Å². The first-order valence-electron chi connectivity index (χ1n) is 8.47. The summed E-state index contributed by atoms with van der Waals surface area (Å²) < 4.78 is 0.968. The van der Waals surface area contributed by atoms with Gasteiger partial charge in [0.15, 0.2) is 0 Å². The highest BCUT2D eigenvalue weighted by Gasteiger charge is 2.31. The van der Waals surface area contributed by atoms with Gasteiger partial charge in [0.05, 0.1) is 0 Å². The number of piperidine rings is 1. The molecule has 0 aromatic heterocycles. The van der Waals surface area contributed by atoms with Gasteiger partial charge in [-0.15, -0.1) is 0 Å². The van der Waals surface area contributed by atoms with Gasteiger partial charge in [0.25, 0.3) is 0 Å². The summed E-state index contributed by atoms with van der Waals surface area (Å²) in [4.78, 5) is 8.10. The van der Waals surface area contributed by atoms with Gasteiger partial charge >= 0.3 is 0 Å². The molecule has 0 unspecified atom stereocenters. The molecule has 1 saturated carbocycles. The lowest BCUT2D eigenvalue weighted by Crippen LogP contribution is -2.37. The number of hydrogen-bond acceptors (Lipinski definition) is 3. The van der Waals surface area contributed by atoms with Crippen molar-refractivity contribution < 1.29 is 4.84 Å². The molecule has 2 heterocycles. The molecule has 0 N–H and O–H groups in total. The minimum atomic E-state index is 0.300. The molecule has 3 nitrogen and oxygen atoms in total. The van der Waals surface area contributed by atoms with Crippen LogP contribution in [0, 0.1) is 5.92 Å². The van der Waals surface area contributed by atoms with Crippen molar-refractivity contribution in [3.8, 4) is 0 Å². The fraction of sp³-hybridized carbons (Fsp3) is 0.611. The molecule has 3 aliphatic rings. The third kappa shape index (κ3) is 3.38. The highest BCUT2D eigenvalue weighted by Crippen LogP contribution is 2.40. The Morgan fingerprint density at radius 1 is 1.09 bits per heavy atom.